The van der Waals surface area contributed by atoms with Gasteiger partial charge >= 0.3 is 0 Å². The fourth-order valence-corrected chi connectivity index (χ4v) is 3.39. The van der Waals surface area contributed by atoms with E-state index in [-0.39, 0.29) is 5.60 Å². The van der Waals surface area contributed by atoms with Crippen LogP contribution in [-0.2, 0) is 6.42 Å². The molecule has 1 atom stereocenters. The monoisotopic (exact) mass is 273 g/mol. The Morgan fingerprint density at radius 2 is 2.00 bits per heavy atom. The lowest BCUT2D eigenvalue weighted by molar-refractivity contribution is 0.132. The predicted molar refractivity (Wildman–Crippen MR) is 78.5 cm³/mol. The number of fused-ring (bicyclic) bond motifs is 3. The first-order valence-corrected chi connectivity index (χ1v) is 7.86. The number of rotatable bonds is 2. The van der Waals surface area contributed by atoms with Crippen LogP contribution < -0.4 is 14.8 Å². The third-order valence-electron chi connectivity index (χ3n) is 4.49. The van der Waals surface area contributed by atoms with Crippen molar-refractivity contribution in [3.8, 4) is 11.5 Å². The molecule has 1 fully saturated rings. The van der Waals surface area contributed by atoms with E-state index in [1.165, 1.54) is 24.0 Å². The molecule has 3 heteroatoms. The van der Waals surface area contributed by atoms with Crippen molar-refractivity contribution in [1.82, 2.24) is 5.32 Å². The minimum atomic E-state index is -0.105. The van der Waals surface area contributed by atoms with Crippen LogP contribution in [0.15, 0.2) is 12.1 Å². The normalized spacial score (nSPS) is 27.0. The zero-order chi connectivity index (χ0) is 13.7. The molecule has 2 aliphatic heterocycles. The third kappa shape index (κ3) is 2.18. The molecule has 1 aliphatic carbocycles. The molecule has 3 aliphatic rings. The Kier molecular flexibility index (Phi) is 2.75. The molecule has 0 bridgehead atoms. The van der Waals surface area contributed by atoms with Crippen LogP contribution in [0.25, 0.3) is 0 Å². The van der Waals surface area contributed by atoms with Crippen LogP contribution in [-0.4, -0.2) is 18.2 Å². The Hall–Kier alpha value is -1.22. The minimum absolute atomic E-state index is 0.105. The molecular formula is C17H23NO2. The average Bonchev–Trinajstić information content (AvgIpc) is 3.16. The van der Waals surface area contributed by atoms with Crippen molar-refractivity contribution in [3.63, 3.8) is 0 Å². The maximum absolute atomic E-state index is 6.16. The van der Waals surface area contributed by atoms with Crippen molar-refractivity contribution in [3.05, 3.63) is 23.3 Å². The van der Waals surface area contributed by atoms with Gasteiger partial charge in [-0.25, -0.2) is 0 Å². The number of hydrogen-bond acceptors (Lipinski definition) is 3. The van der Waals surface area contributed by atoms with Crippen LogP contribution in [0.5, 0.6) is 11.5 Å². The molecule has 1 aromatic rings. The van der Waals surface area contributed by atoms with Gasteiger partial charge in [-0.3, -0.25) is 0 Å². The molecule has 1 unspecified atom stereocenters. The highest BCUT2D eigenvalue weighted by Crippen LogP contribution is 2.47. The third-order valence-corrected chi connectivity index (χ3v) is 4.49. The number of ether oxygens (including phenoxy) is 2. The van der Waals surface area contributed by atoms with Gasteiger partial charge in [-0.05, 0) is 39.5 Å². The Morgan fingerprint density at radius 1 is 1.15 bits per heavy atom. The summed E-state index contributed by atoms with van der Waals surface area (Å²) in [6, 6.07) is 5.64. The molecule has 20 heavy (non-hydrogen) atoms. The Labute approximate surface area is 120 Å². The zero-order valence-electron chi connectivity index (χ0n) is 12.4. The van der Waals surface area contributed by atoms with E-state index in [4.69, 9.17) is 9.47 Å². The molecule has 0 spiro atoms. The van der Waals surface area contributed by atoms with Gasteiger partial charge in [0, 0.05) is 29.6 Å². The lowest BCUT2D eigenvalue weighted by Gasteiger charge is -2.21. The van der Waals surface area contributed by atoms with Crippen LogP contribution in [0.1, 0.15) is 56.7 Å². The second kappa shape index (κ2) is 4.39. The van der Waals surface area contributed by atoms with Gasteiger partial charge in [0.2, 0.25) is 0 Å². The van der Waals surface area contributed by atoms with Gasteiger partial charge in [-0.2, -0.15) is 0 Å². The van der Waals surface area contributed by atoms with E-state index in [1.54, 1.807) is 0 Å². The Morgan fingerprint density at radius 3 is 2.80 bits per heavy atom. The molecular weight excluding hydrogens is 250 g/mol. The lowest BCUT2D eigenvalue weighted by atomic mass is 9.97. The summed E-state index contributed by atoms with van der Waals surface area (Å²) in [5, 5.41) is 3.77. The van der Waals surface area contributed by atoms with E-state index < -0.39 is 0 Å². The molecule has 3 nitrogen and oxygen atoms in total. The van der Waals surface area contributed by atoms with E-state index >= 15 is 0 Å². The van der Waals surface area contributed by atoms with E-state index in [0.29, 0.717) is 6.04 Å². The van der Waals surface area contributed by atoms with Gasteiger partial charge in [-0.15, -0.1) is 0 Å². The van der Waals surface area contributed by atoms with E-state index in [0.717, 1.165) is 43.4 Å². The highest BCUT2D eigenvalue weighted by Gasteiger charge is 2.36. The van der Waals surface area contributed by atoms with Gasteiger partial charge in [0.25, 0.3) is 0 Å². The summed E-state index contributed by atoms with van der Waals surface area (Å²) in [5.41, 5.74) is 2.48. The maximum atomic E-state index is 6.16. The largest absolute Gasteiger partial charge is 0.489 e. The van der Waals surface area contributed by atoms with E-state index in [2.05, 4.69) is 31.3 Å². The lowest BCUT2D eigenvalue weighted by Crippen LogP contribution is -2.25. The summed E-state index contributed by atoms with van der Waals surface area (Å²) in [5.74, 6) is 2.00. The molecule has 1 N–H and O–H groups in total. The second-order valence-electron chi connectivity index (χ2n) is 6.99. The molecule has 1 saturated carbocycles. The molecule has 0 radical (unpaired) electrons. The fraction of sp³-hybridized carbons (Fsp3) is 0.647. The van der Waals surface area contributed by atoms with E-state index in [9.17, 15) is 0 Å². The van der Waals surface area contributed by atoms with Crippen LogP contribution >= 0.6 is 0 Å². The van der Waals surface area contributed by atoms with Crippen molar-refractivity contribution in [2.45, 2.75) is 63.6 Å². The first kappa shape index (κ1) is 12.5. The summed E-state index contributed by atoms with van der Waals surface area (Å²) >= 11 is 0. The Balaban J connectivity index is 1.73. The van der Waals surface area contributed by atoms with Gasteiger partial charge in [0.1, 0.15) is 5.60 Å². The molecule has 0 aromatic heterocycles. The summed E-state index contributed by atoms with van der Waals surface area (Å²) in [4.78, 5) is 0. The van der Waals surface area contributed by atoms with Crippen molar-refractivity contribution in [2.24, 2.45) is 0 Å². The number of nitrogens with one attached hydrogen (secondary N) is 1. The molecule has 0 saturated heterocycles. The molecule has 2 heterocycles. The topological polar surface area (TPSA) is 30.5 Å². The zero-order valence-corrected chi connectivity index (χ0v) is 12.4. The van der Waals surface area contributed by atoms with Crippen LogP contribution in [0.2, 0.25) is 0 Å². The highest BCUT2D eigenvalue weighted by molar-refractivity contribution is 5.56. The smallest absolute Gasteiger partial charge is 0.166 e. The van der Waals surface area contributed by atoms with Gasteiger partial charge in [0.05, 0.1) is 6.61 Å². The predicted octanol–water partition coefficient (Wildman–Crippen LogP) is 3.37. The molecule has 108 valence electrons. The maximum Gasteiger partial charge on any atom is 0.166 e. The SMILES string of the molecule is CC1(C)Cc2ccc3c(c2O1)OCCCC3NC1CC1. The van der Waals surface area contributed by atoms with Crippen molar-refractivity contribution < 1.29 is 9.47 Å². The highest BCUT2D eigenvalue weighted by atomic mass is 16.5. The fourth-order valence-electron chi connectivity index (χ4n) is 3.39. The summed E-state index contributed by atoms with van der Waals surface area (Å²) in [7, 11) is 0. The van der Waals surface area contributed by atoms with Crippen molar-refractivity contribution in [1.29, 1.82) is 0 Å². The summed E-state index contributed by atoms with van der Waals surface area (Å²) in [6.07, 6.45) is 5.88. The summed E-state index contributed by atoms with van der Waals surface area (Å²) in [6.45, 7) is 5.10. The first-order valence-electron chi connectivity index (χ1n) is 7.86. The van der Waals surface area contributed by atoms with Crippen molar-refractivity contribution >= 4 is 0 Å². The van der Waals surface area contributed by atoms with Gasteiger partial charge < -0.3 is 14.8 Å². The van der Waals surface area contributed by atoms with Crippen molar-refractivity contribution in [2.75, 3.05) is 6.61 Å². The van der Waals surface area contributed by atoms with E-state index in [1.807, 2.05) is 0 Å². The minimum Gasteiger partial charge on any atom is -0.489 e. The van der Waals surface area contributed by atoms with Gasteiger partial charge in [0.15, 0.2) is 11.5 Å². The first-order chi connectivity index (χ1) is 9.62. The Bertz CT molecular complexity index is 534. The molecule has 0 amide bonds. The quantitative estimate of drug-likeness (QED) is 0.896. The second-order valence-corrected chi connectivity index (χ2v) is 6.99. The van der Waals surface area contributed by atoms with Crippen LogP contribution in [0.4, 0.5) is 0 Å². The number of hydrogen-bond donors (Lipinski definition) is 1. The molecule has 4 rings (SSSR count). The number of benzene rings is 1. The van der Waals surface area contributed by atoms with Crippen LogP contribution in [0.3, 0.4) is 0 Å². The van der Waals surface area contributed by atoms with Crippen LogP contribution in [0, 0.1) is 0 Å². The summed E-state index contributed by atoms with van der Waals surface area (Å²) < 4.78 is 12.2. The molecule has 1 aromatic carbocycles. The standard InChI is InChI=1S/C17H23NO2/c1-17(2)10-11-5-8-13-14(18-12-6-7-12)4-3-9-19-16(13)15(11)20-17/h5,8,12,14,18H,3-4,6-7,9-10H2,1-2H3. The van der Waals surface area contributed by atoms with Gasteiger partial charge in [-0.1, -0.05) is 12.1 Å². The average molecular weight is 273 g/mol.